The van der Waals surface area contributed by atoms with Crippen LogP contribution >= 0.6 is 0 Å². The summed E-state index contributed by atoms with van der Waals surface area (Å²) in [7, 11) is -3.37. The van der Waals surface area contributed by atoms with Crippen molar-refractivity contribution in [1.82, 2.24) is 19.4 Å². The van der Waals surface area contributed by atoms with Gasteiger partial charge in [0, 0.05) is 25.8 Å². The van der Waals surface area contributed by atoms with E-state index in [4.69, 9.17) is 0 Å². The molecule has 2 rings (SSSR count). The molecule has 0 saturated carbocycles. The Labute approximate surface area is 127 Å². The van der Waals surface area contributed by atoms with E-state index >= 15 is 0 Å². The van der Waals surface area contributed by atoms with E-state index in [9.17, 15) is 8.42 Å². The quantitative estimate of drug-likeness (QED) is 0.771. The van der Waals surface area contributed by atoms with Crippen LogP contribution in [0.1, 0.15) is 33.1 Å². The van der Waals surface area contributed by atoms with Crippen molar-refractivity contribution < 1.29 is 8.42 Å². The monoisotopic (exact) mass is 314 g/mol. The van der Waals surface area contributed by atoms with Crippen LogP contribution in [0, 0.1) is 5.92 Å². The van der Waals surface area contributed by atoms with Crippen molar-refractivity contribution in [2.24, 2.45) is 5.92 Å². The topological polar surface area (TPSA) is 67.2 Å². The van der Waals surface area contributed by atoms with E-state index in [1.807, 2.05) is 0 Å². The highest BCUT2D eigenvalue weighted by Crippen LogP contribution is 2.22. The molecule has 1 aromatic heterocycles. The molecular weight excluding hydrogens is 288 g/mol. The summed E-state index contributed by atoms with van der Waals surface area (Å²) in [5, 5.41) is 7.44. The Bertz CT molecular complexity index is 533. The standard InChI is InChI=1S/C14H26N4O2S/c1-3-6-15-7-10-17-12-14(11-16-17)21(19,20)18-8-4-13(2)5-9-18/h11-13,15H,3-10H2,1-2H3. The van der Waals surface area contributed by atoms with E-state index in [0.29, 0.717) is 30.4 Å². The van der Waals surface area contributed by atoms with Crippen molar-refractivity contribution in [3.05, 3.63) is 12.4 Å². The van der Waals surface area contributed by atoms with Gasteiger partial charge in [-0.25, -0.2) is 8.42 Å². The number of nitrogens with one attached hydrogen (secondary N) is 1. The largest absolute Gasteiger partial charge is 0.315 e. The molecule has 120 valence electrons. The number of rotatable bonds is 7. The predicted molar refractivity (Wildman–Crippen MR) is 82.5 cm³/mol. The van der Waals surface area contributed by atoms with Crippen molar-refractivity contribution in [1.29, 1.82) is 0 Å². The number of aromatic nitrogens is 2. The fraction of sp³-hybridized carbons (Fsp3) is 0.786. The first-order valence-corrected chi connectivity index (χ1v) is 9.21. The lowest BCUT2D eigenvalue weighted by Crippen LogP contribution is -2.37. The third-order valence-corrected chi connectivity index (χ3v) is 5.79. The lowest BCUT2D eigenvalue weighted by atomic mass is 10.0. The molecule has 7 heteroatoms. The number of hydrogen-bond acceptors (Lipinski definition) is 4. The summed E-state index contributed by atoms with van der Waals surface area (Å²) in [5.74, 6) is 0.615. The summed E-state index contributed by atoms with van der Waals surface area (Å²) in [6.45, 7) is 7.98. The van der Waals surface area contributed by atoms with Crippen LogP contribution in [0.4, 0.5) is 0 Å². The third-order valence-electron chi connectivity index (χ3n) is 3.93. The summed E-state index contributed by atoms with van der Waals surface area (Å²) >= 11 is 0. The Balaban J connectivity index is 1.96. The van der Waals surface area contributed by atoms with Gasteiger partial charge in [0.15, 0.2) is 0 Å². The highest BCUT2D eigenvalue weighted by atomic mass is 32.2. The molecule has 1 saturated heterocycles. The second-order valence-corrected chi connectivity index (χ2v) is 7.71. The smallest absolute Gasteiger partial charge is 0.246 e. The van der Waals surface area contributed by atoms with Gasteiger partial charge in [0.2, 0.25) is 10.0 Å². The molecule has 21 heavy (non-hydrogen) atoms. The molecule has 0 amide bonds. The molecule has 1 fully saturated rings. The Hall–Kier alpha value is -0.920. The molecule has 1 aliphatic rings. The van der Waals surface area contributed by atoms with E-state index in [2.05, 4.69) is 24.3 Å². The second-order valence-electron chi connectivity index (χ2n) is 5.78. The lowest BCUT2D eigenvalue weighted by molar-refractivity contribution is 0.288. The van der Waals surface area contributed by atoms with Crippen LogP contribution < -0.4 is 5.32 Å². The maximum atomic E-state index is 12.5. The van der Waals surface area contributed by atoms with E-state index in [1.54, 1.807) is 15.2 Å². The molecular formula is C14H26N4O2S. The molecule has 0 radical (unpaired) electrons. The van der Waals surface area contributed by atoms with Crippen molar-refractivity contribution in [2.75, 3.05) is 26.2 Å². The Morgan fingerprint density at radius 3 is 2.71 bits per heavy atom. The van der Waals surface area contributed by atoms with Gasteiger partial charge in [0.1, 0.15) is 4.90 Å². The lowest BCUT2D eigenvalue weighted by Gasteiger charge is -2.28. The fourth-order valence-electron chi connectivity index (χ4n) is 2.47. The van der Waals surface area contributed by atoms with E-state index in [1.165, 1.54) is 6.20 Å². The molecule has 6 nitrogen and oxygen atoms in total. The molecule has 0 aromatic carbocycles. The maximum absolute atomic E-state index is 12.5. The van der Waals surface area contributed by atoms with Crippen LogP contribution in [0.25, 0.3) is 0 Å². The van der Waals surface area contributed by atoms with Crippen molar-refractivity contribution in [3.63, 3.8) is 0 Å². The van der Waals surface area contributed by atoms with Crippen LogP contribution in [0.3, 0.4) is 0 Å². The van der Waals surface area contributed by atoms with Crippen molar-refractivity contribution in [3.8, 4) is 0 Å². The number of nitrogens with zero attached hydrogens (tertiary/aromatic N) is 3. The highest BCUT2D eigenvalue weighted by molar-refractivity contribution is 7.89. The Kier molecular flexibility index (Phi) is 5.78. The van der Waals surface area contributed by atoms with E-state index in [0.717, 1.165) is 32.4 Å². The van der Waals surface area contributed by atoms with E-state index in [-0.39, 0.29) is 0 Å². The average molecular weight is 314 g/mol. The molecule has 0 aliphatic carbocycles. The zero-order valence-corrected chi connectivity index (χ0v) is 13.8. The maximum Gasteiger partial charge on any atom is 0.246 e. The Morgan fingerprint density at radius 2 is 2.05 bits per heavy atom. The van der Waals surface area contributed by atoms with Crippen molar-refractivity contribution in [2.45, 2.75) is 44.6 Å². The molecule has 0 spiro atoms. The zero-order chi connectivity index (χ0) is 15.3. The van der Waals surface area contributed by atoms with Gasteiger partial charge in [-0.15, -0.1) is 0 Å². The van der Waals surface area contributed by atoms with E-state index < -0.39 is 10.0 Å². The van der Waals surface area contributed by atoms with Gasteiger partial charge in [-0.1, -0.05) is 13.8 Å². The highest BCUT2D eigenvalue weighted by Gasteiger charge is 2.28. The summed E-state index contributed by atoms with van der Waals surface area (Å²) in [4.78, 5) is 0.313. The predicted octanol–water partition coefficient (Wildman–Crippen LogP) is 1.30. The van der Waals surface area contributed by atoms with Gasteiger partial charge < -0.3 is 5.32 Å². The number of sulfonamides is 1. The van der Waals surface area contributed by atoms with Gasteiger partial charge in [-0.3, -0.25) is 4.68 Å². The Morgan fingerprint density at radius 1 is 1.33 bits per heavy atom. The molecule has 0 atom stereocenters. The first-order valence-electron chi connectivity index (χ1n) is 7.77. The van der Waals surface area contributed by atoms with Crippen molar-refractivity contribution >= 4 is 10.0 Å². The average Bonchev–Trinajstić information content (AvgIpc) is 2.94. The van der Waals surface area contributed by atoms with Crippen LogP contribution in [0.15, 0.2) is 17.3 Å². The first-order chi connectivity index (χ1) is 10.0. The van der Waals surface area contributed by atoms with Gasteiger partial charge in [0.25, 0.3) is 0 Å². The van der Waals surface area contributed by atoms with Gasteiger partial charge in [-0.2, -0.15) is 9.40 Å². The molecule has 1 N–H and O–H groups in total. The molecule has 1 aromatic rings. The zero-order valence-electron chi connectivity index (χ0n) is 13.0. The molecule has 2 heterocycles. The van der Waals surface area contributed by atoms with Gasteiger partial charge >= 0.3 is 0 Å². The van der Waals surface area contributed by atoms with Crippen LogP contribution in [-0.2, 0) is 16.6 Å². The molecule has 1 aliphatic heterocycles. The van der Waals surface area contributed by atoms with Gasteiger partial charge in [-0.05, 0) is 31.7 Å². The summed E-state index contributed by atoms with van der Waals surface area (Å²) in [5.41, 5.74) is 0. The molecule has 0 bridgehead atoms. The summed E-state index contributed by atoms with van der Waals surface area (Å²) in [6, 6.07) is 0. The van der Waals surface area contributed by atoms with Gasteiger partial charge in [0.05, 0.1) is 12.7 Å². The van der Waals surface area contributed by atoms with Crippen LogP contribution in [0.2, 0.25) is 0 Å². The number of piperidine rings is 1. The minimum absolute atomic E-state index is 0.313. The minimum Gasteiger partial charge on any atom is -0.315 e. The third kappa shape index (κ3) is 4.28. The normalized spacial score (nSPS) is 18.2. The number of hydrogen-bond donors (Lipinski definition) is 1. The van der Waals surface area contributed by atoms with Crippen LogP contribution in [-0.4, -0.2) is 48.7 Å². The summed E-state index contributed by atoms with van der Waals surface area (Å²) in [6.07, 6.45) is 6.07. The molecule has 0 unspecified atom stereocenters. The first kappa shape index (κ1) is 16.5. The summed E-state index contributed by atoms with van der Waals surface area (Å²) < 4.78 is 28.4. The minimum atomic E-state index is -3.37. The van der Waals surface area contributed by atoms with Crippen LogP contribution in [0.5, 0.6) is 0 Å². The second kappa shape index (κ2) is 7.38. The SMILES string of the molecule is CCCNCCn1cc(S(=O)(=O)N2CCC(C)CC2)cn1. The fourth-order valence-corrected chi connectivity index (χ4v) is 3.89.